The van der Waals surface area contributed by atoms with Gasteiger partial charge in [0.2, 0.25) is 5.60 Å². The molecule has 0 aliphatic rings. The predicted molar refractivity (Wildman–Crippen MR) is 76.1 cm³/mol. The van der Waals surface area contributed by atoms with Crippen LogP contribution < -0.4 is 0 Å². The number of hydrogen-bond donors (Lipinski definition) is 0. The summed E-state index contributed by atoms with van der Waals surface area (Å²) >= 11 is 0. The third-order valence-corrected chi connectivity index (χ3v) is 2.81. The molecule has 0 spiro atoms. The van der Waals surface area contributed by atoms with Gasteiger partial charge in [0, 0.05) is 5.92 Å². The quantitative estimate of drug-likeness (QED) is 0.505. The van der Waals surface area contributed by atoms with Crippen LogP contribution in [0.25, 0.3) is 0 Å². The van der Waals surface area contributed by atoms with E-state index >= 15 is 0 Å². The minimum absolute atomic E-state index is 0.0515. The maximum atomic E-state index is 11.9. The second-order valence-corrected chi connectivity index (χ2v) is 6.26. The Morgan fingerprint density at radius 2 is 1.76 bits per heavy atom. The minimum Gasteiger partial charge on any atom is -0.462 e. The van der Waals surface area contributed by atoms with Crippen LogP contribution in [-0.4, -0.2) is 36.2 Å². The van der Waals surface area contributed by atoms with E-state index < -0.39 is 17.2 Å². The highest BCUT2D eigenvalue weighted by atomic mass is 16.6. The van der Waals surface area contributed by atoms with E-state index in [1.54, 1.807) is 34.6 Å². The fourth-order valence-corrected chi connectivity index (χ4v) is 1.45. The SMILES string of the molecule is CCC(C)(O[C]=O)C(=O)OCC(C)CC(=O)OC(C)(C)C. The molecule has 0 rings (SSSR count). The highest BCUT2D eigenvalue weighted by Crippen LogP contribution is 2.18. The lowest BCUT2D eigenvalue weighted by Crippen LogP contribution is -2.39. The first-order chi connectivity index (χ1) is 9.54. The summed E-state index contributed by atoms with van der Waals surface area (Å²) in [6, 6.07) is 0. The van der Waals surface area contributed by atoms with E-state index in [0.29, 0.717) is 0 Å². The van der Waals surface area contributed by atoms with Crippen LogP contribution in [0, 0.1) is 5.92 Å². The van der Waals surface area contributed by atoms with E-state index in [2.05, 4.69) is 4.74 Å². The Hall–Kier alpha value is -1.59. The smallest absolute Gasteiger partial charge is 0.418 e. The van der Waals surface area contributed by atoms with Crippen molar-refractivity contribution in [3.8, 4) is 0 Å². The monoisotopic (exact) mass is 301 g/mol. The van der Waals surface area contributed by atoms with Crippen LogP contribution in [0.15, 0.2) is 0 Å². The first kappa shape index (κ1) is 19.4. The van der Waals surface area contributed by atoms with Crippen LogP contribution in [0.1, 0.15) is 54.4 Å². The van der Waals surface area contributed by atoms with Crippen molar-refractivity contribution in [2.75, 3.05) is 6.61 Å². The molecule has 0 heterocycles. The van der Waals surface area contributed by atoms with E-state index in [4.69, 9.17) is 9.47 Å². The molecule has 0 aliphatic heterocycles. The first-order valence-electron chi connectivity index (χ1n) is 6.98. The molecule has 6 heteroatoms. The van der Waals surface area contributed by atoms with Crippen LogP contribution in [0.5, 0.6) is 0 Å². The molecule has 0 saturated heterocycles. The Kier molecular flexibility index (Phi) is 7.39. The second kappa shape index (κ2) is 8.00. The molecule has 0 fully saturated rings. The van der Waals surface area contributed by atoms with Gasteiger partial charge in [0.1, 0.15) is 5.60 Å². The summed E-state index contributed by atoms with van der Waals surface area (Å²) in [5.41, 5.74) is -1.88. The van der Waals surface area contributed by atoms with Crippen LogP contribution in [0.2, 0.25) is 0 Å². The summed E-state index contributed by atoms with van der Waals surface area (Å²) < 4.78 is 14.9. The maximum Gasteiger partial charge on any atom is 0.418 e. The highest BCUT2D eigenvalue weighted by Gasteiger charge is 2.35. The van der Waals surface area contributed by atoms with E-state index in [1.165, 1.54) is 13.4 Å². The number of hydrogen-bond acceptors (Lipinski definition) is 6. The third kappa shape index (κ3) is 7.68. The van der Waals surface area contributed by atoms with Crippen LogP contribution in [0.3, 0.4) is 0 Å². The Morgan fingerprint density at radius 3 is 2.19 bits per heavy atom. The van der Waals surface area contributed by atoms with Crippen molar-refractivity contribution in [1.82, 2.24) is 0 Å². The molecular formula is C15H25O6. The van der Waals surface area contributed by atoms with Crippen molar-refractivity contribution in [2.24, 2.45) is 5.92 Å². The summed E-state index contributed by atoms with van der Waals surface area (Å²) in [5.74, 6) is -1.18. The highest BCUT2D eigenvalue weighted by molar-refractivity contribution is 5.80. The molecule has 1 radical (unpaired) electrons. The summed E-state index contributed by atoms with van der Waals surface area (Å²) in [5, 5.41) is 0. The van der Waals surface area contributed by atoms with Gasteiger partial charge >= 0.3 is 18.4 Å². The summed E-state index contributed by atoms with van der Waals surface area (Å²) in [4.78, 5) is 33.8. The average Bonchev–Trinajstić information content (AvgIpc) is 2.33. The molecule has 6 nitrogen and oxygen atoms in total. The van der Waals surface area contributed by atoms with Crippen molar-refractivity contribution in [3.05, 3.63) is 0 Å². The number of carbonyl (C=O) groups excluding carboxylic acids is 3. The number of rotatable bonds is 8. The summed E-state index contributed by atoms with van der Waals surface area (Å²) in [7, 11) is 0. The predicted octanol–water partition coefficient (Wildman–Crippen LogP) is 2.15. The third-order valence-electron chi connectivity index (χ3n) is 2.81. The molecule has 0 aromatic carbocycles. The Bertz CT molecular complexity index is 371. The van der Waals surface area contributed by atoms with Crippen molar-refractivity contribution in [1.29, 1.82) is 0 Å². The number of esters is 2. The van der Waals surface area contributed by atoms with E-state index in [-0.39, 0.29) is 31.3 Å². The van der Waals surface area contributed by atoms with Gasteiger partial charge in [-0.25, -0.2) is 9.59 Å². The van der Waals surface area contributed by atoms with Gasteiger partial charge in [0.15, 0.2) is 0 Å². The lowest BCUT2D eigenvalue weighted by atomic mass is 10.0. The molecule has 121 valence electrons. The molecule has 2 unspecified atom stereocenters. The van der Waals surface area contributed by atoms with Gasteiger partial charge in [-0.3, -0.25) is 4.79 Å². The molecule has 0 N–H and O–H groups in total. The van der Waals surface area contributed by atoms with Gasteiger partial charge in [-0.1, -0.05) is 13.8 Å². The van der Waals surface area contributed by atoms with Crippen LogP contribution >= 0.6 is 0 Å². The van der Waals surface area contributed by atoms with Crippen LogP contribution in [0.4, 0.5) is 0 Å². The van der Waals surface area contributed by atoms with Gasteiger partial charge in [0.05, 0.1) is 13.0 Å². The molecule has 0 bridgehead atoms. The topological polar surface area (TPSA) is 78.9 Å². The Labute approximate surface area is 126 Å². The van der Waals surface area contributed by atoms with Crippen molar-refractivity contribution in [3.63, 3.8) is 0 Å². The zero-order valence-electron chi connectivity index (χ0n) is 13.6. The second-order valence-electron chi connectivity index (χ2n) is 6.26. The van der Waals surface area contributed by atoms with E-state index in [1.807, 2.05) is 0 Å². The lowest BCUT2D eigenvalue weighted by Gasteiger charge is -2.24. The van der Waals surface area contributed by atoms with Gasteiger partial charge in [0.25, 0.3) is 0 Å². The standard InChI is InChI=1S/C15H25O6/c1-7-15(6,20-10-16)13(18)19-9-11(2)8-12(17)21-14(3,4)5/h11H,7-9H2,1-6H3. The first-order valence-corrected chi connectivity index (χ1v) is 6.98. The largest absolute Gasteiger partial charge is 0.462 e. The number of ether oxygens (including phenoxy) is 3. The fourth-order valence-electron chi connectivity index (χ4n) is 1.45. The summed E-state index contributed by atoms with van der Waals surface area (Å²) in [6.45, 7) is 11.6. The lowest BCUT2D eigenvalue weighted by molar-refractivity contribution is -0.166. The Balaban J connectivity index is 4.30. The zero-order chi connectivity index (χ0) is 16.7. The maximum absolute atomic E-state index is 11.9. The van der Waals surface area contributed by atoms with Gasteiger partial charge < -0.3 is 14.2 Å². The zero-order valence-corrected chi connectivity index (χ0v) is 13.6. The molecule has 0 aromatic heterocycles. The van der Waals surface area contributed by atoms with Crippen molar-refractivity contribution >= 4 is 18.4 Å². The van der Waals surface area contributed by atoms with E-state index in [9.17, 15) is 14.4 Å². The molecular weight excluding hydrogens is 276 g/mol. The van der Waals surface area contributed by atoms with Crippen LogP contribution in [-0.2, 0) is 28.6 Å². The molecule has 0 saturated carbocycles. The van der Waals surface area contributed by atoms with Gasteiger partial charge in [-0.15, -0.1) is 0 Å². The molecule has 21 heavy (non-hydrogen) atoms. The molecule has 0 amide bonds. The van der Waals surface area contributed by atoms with E-state index in [0.717, 1.165) is 0 Å². The van der Waals surface area contributed by atoms with Crippen molar-refractivity contribution < 1.29 is 28.6 Å². The minimum atomic E-state index is -1.34. The number of carbonyl (C=O) groups is 2. The average molecular weight is 301 g/mol. The summed E-state index contributed by atoms with van der Waals surface area (Å²) in [6.07, 6.45) is 0.426. The molecule has 2 atom stereocenters. The molecule has 0 aromatic rings. The molecule has 0 aliphatic carbocycles. The Morgan fingerprint density at radius 1 is 1.19 bits per heavy atom. The normalized spacial score (nSPS) is 15.5. The van der Waals surface area contributed by atoms with Crippen molar-refractivity contribution in [2.45, 2.75) is 65.6 Å². The van der Waals surface area contributed by atoms with Gasteiger partial charge in [-0.2, -0.15) is 0 Å². The fraction of sp³-hybridized carbons (Fsp3) is 0.800. The van der Waals surface area contributed by atoms with Gasteiger partial charge in [-0.05, 0) is 34.1 Å².